The summed E-state index contributed by atoms with van der Waals surface area (Å²) >= 11 is 1.11. The zero-order valence-corrected chi connectivity index (χ0v) is 20.4. The number of aromatic nitrogens is 2. The average Bonchev–Trinajstić information content (AvgIpc) is 3.21. The number of amides is 1. The number of anilines is 1. The second-order valence-electron chi connectivity index (χ2n) is 7.88. The molecule has 0 fully saturated rings. The molecule has 0 saturated heterocycles. The van der Waals surface area contributed by atoms with Gasteiger partial charge in [0.25, 0.3) is 5.56 Å². The molecule has 0 spiro atoms. The second kappa shape index (κ2) is 10.5. The van der Waals surface area contributed by atoms with Gasteiger partial charge in [0.2, 0.25) is 5.91 Å². The Morgan fingerprint density at radius 3 is 2.51 bits per heavy atom. The molecule has 0 aliphatic heterocycles. The van der Waals surface area contributed by atoms with Crippen molar-refractivity contribution >= 4 is 39.1 Å². The molecule has 2 aromatic heterocycles. The normalized spacial score (nSPS) is 11.7. The van der Waals surface area contributed by atoms with E-state index in [-0.39, 0.29) is 18.1 Å². The zero-order chi connectivity index (χ0) is 24.9. The van der Waals surface area contributed by atoms with Crippen molar-refractivity contribution in [2.24, 2.45) is 0 Å². The van der Waals surface area contributed by atoms with Gasteiger partial charge < -0.3 is 14.8 Å². The Labute approximate surface area is 206 Å². The van der Waals surface area contributed by atoms with Crippen LogP contribution in [0.15, 0.2) is 65.7 Å². The van der Waals surface area contributed by atoms with E-state index in [0.29, 0.717) is 38.7 Å². The van der Waals surface area contributed by atoms with Gasteiger partial charge in [-0.15, -0.1) is 11.3 Å². The summed E-state index contributed by atoms with van der Waals surface area (Å²) in [6, 6.07) is 15.5. The predicted molar refractivity (Wildman–Crippen MR) is 135 cm³/mol. The summed E-state index contributed by atoms with van der Waals surface area (Å²) in [6.07, 6.45) is 1.34. The van der Waals surface area contributed by atoms with Crippen molar-refractivity contribution in [2.75, 3.05) is 11.9 Å². The van der Waals surface area contributed by atoms with Gasteiger partial charge in [-0.2, -0.15) is 0 Å². The number of hydrogen-bond donors (Lipinski definition) is 1. The minimum absolute atomic E-state index is 0.133. The maximum Gasteiger partial charge on any atom is 0.349 e. The lowest BCUT2D eigenvalue weighted by atomic mass is 10.2. The van der Waals surface area contributed by atoms with Gasteiger partial charge in [-0.25, -0.2) is 9.78 Å². The number of esters is 1. The molecule has 1 amide bonds. The SMILES string of the molecule is CCOc1ccc(NC(=O)C(C)n2cnc3sc(C(=O)OCc4ccccc4)c(C)c3c2=O)cc1. The van der Waals surface area contributed by atoms with E-state index in [4.69, 9.17) is 9.47 Å². The monoisotopic (exact) mass is 491 g/mol. The largest absolute Gasteiger partial charge is 0.494 e. The van der Waals surface area contributed by atoms with Crippen LogP contribution in [0.25, 0.3) is 10.2 Å². The van der Waals surface area contributed by atoms with Gasteiger partial charge >= 0.3 is 5.97 Å². The molecule has 2 heterocycles. The summed E-state index contributed by atoms with van der Waals surface area (Å²) < 4.78 is 12.1. The molecule has 1 atom stereocenters. The molecule has 1 unspecified atom stereocenters. The third-order valence-electron chi connectivity index (χ3n) is 5.50. The first-order valence-electron chi connectivity index (χ1n) is 11.1. The number of nitrogens with zero attached hydrogens (tertiary/aromatic N) is 2. The van der Waals surface area contributed by atoms with Crippen molar-refractivity contribution in [3.8, 4) is 5.75 Å². The number of aryl methyl sites for hydroxylation is 1. The fourth-order valence-corrected chi connectivity index (χ4v) is 4.60. The number of nitrogens with one attached hydrogen (secondary N) is 1. The van der Waals surface area contributed by atoms with Crippen LogP contribution in [0.2, 0.25) is 0 Å². The van der Waals surface area contributed by atoms with Gasteiger partial charge in [0.05, 0.1) is 18.3 Å². The van der Waals surface area contributed by atoms with Crippen LogP contribution in [0.1, 0.15) is 40.7 Å². The van der Waals surface area contributed by atoms with Crippen LogP contribution < -0.4 is 15.6 Å². The van der Waals surface area contributed by atoms with E-state index >= 15 is 0 Å². The summed E-state index contributed by atoms with van der Waals surface area (Å²) in [4.78, 5) is 43.9. The first kappa shape index (κ1) is 24.2. The Kier molecular flexibility index (Phi) is 7.26. The van der Waals surface area contributed by atoms with E-state index in [2.05, 4.69) is 10.3 Å². The van der Waals surface area contributed by atoms with E-state index in [1.807, 2.05) is 37.3 Å². The van der Waals surface area contributed by atoms with Gasteiger partial charge in [-0.05, 0) is 56.2 Å². The number of hydrogen-bond acceptors (Lipinski definition) is 7. The number of rotatable bonds is 8. The number of fused-ring (bicyclic) bond motifs is 1. The van der Waals surface area contributed by atoms with Gasteiger partial charge in [-0.3, -0.25) is 14.2 Å². The zero-order valence-electron chi connectivity index (χ0n) is 19.6. The van der Waals surface area contributed by atoms with E-state index in [0.717, 1.165) is 16.9 Å². The van der Waals surface area contributed by atoms with Crippen molar-refractivity contribution < 1.29 is 19.1 Å². The fourth-order valence-electron chi connectivity index (χ4n) is 3.57. The van der Waals surface area contributed by atoms with E-state index < -0.39 is 12.0 Å². The Hall–Kier alpha value is -3.98. The highest BCUT2D eigenvalue weighted by atomic mass is 32.1. The van der Waals surface area contributed by atoms with Crippen LogP contribution in [0.3, 0.4) is 0 Å². The van der Waals surface area contributed by atoms with Crippen LogP contribution in [0.4, 0.5) is 5.69 Å². The fraction of sp³-hybridized carbons (Fsp3) is 0.231. The Bertz CT molecular complexity index is 1410. The third kappa shape index (κ3) is 5.25. The lowest BCUT2D eigenvalue weighted by molar-refractivity contribution is -0.118. The Morgan fingerprint density at radius 2 is 1.83 bits per heavy atom. The highest BCUT2D eigenvalue weighted by molar-refractivity contribution is 7.20. The molecule has 9 heteroatoms. The highest BCUT2D eigenvalue weighted by Gasteiger charge is 2.23. The first-order valence-corrected chi connectivity index (χ1v) is 12.0. The summed E-state index contributed by atoms with van der Waals surface area (Å²) in [5.41, 5.74) is 1.56. The average molecular weight is 492 g/mol. The van der Waals surface area contributed by atoms with E-state index in [9.17, 15) is 14.4 Å². The molecule has 4 aromatic rings. The highest BCUT2D eigenvalue weighted by Crippen LogP contribution is 2.28. The molecular weight excluding hydrogens is 466 g/mol. The molecule has 0 radical (unpaired) electrons. The lowest BCUT2D eigenvalue weighted by Crippen LogP contribution is -2.31. The smallest absolute Gasteiger partial charge is 0.349 e. The molecule has 35 heavy (non-hydrogen) atoms. The molecule has 0 saturated carbocycles. The van der Waals surface area contributed by atoms with Gasteiger partial charge in [-0.1, -0.05) is 30.3 Å². The topological polar surface area (TPSA) is 99.5 Å². The Morgan fingerprint density at radius 1 is 1.11 bits per heavy atom. The summed E-state index contributed by atoms with van der Waals surface area (Å²) in [5, 5.41) is 3.11. The molecule has 180 valence electrons. The van der Waals surface area contributed by atoms with Crippen molar-refractivity contribution in [2.45, 2.75) is 33.4 Å². The molecule has 8 nitrogen and oxygen atoms in total. The predicted octanol–water partition coefficient (Wildman–Crippen LogP) is 4.72. The quantitative estimate of drug-likeness (QED) is 0.358. The van der Waals surface area contributed by atoms with Crippen molar-refractivity contribution in [1.82, 2.24) is 9.55 Å². The van der Waals surface area contributed by atoms with Crippen LogP contribution in [-0.2, 0) is 16.1 Å². The minimum atomic E-state index is -0.821. The summed E-state index contributed by atoms with van der Waals surface area (Å²) in [5.74, 6) is -0.176. The molecule has 1 N–H and O–H groups in total. The summed E-state index contributed by atoms with van der Waals surface area (Å²) in [7, 11) is 0. The number of carbonyl (C=O) groups is 2. The molecule has 4 rings (SSSR count). The van der Waals surface area contributed by atoms with Crippen LogP contribution in [0, 0.1) is 6.92 Å². The van der Waals surface area contributed by atoms with Crippen LogP contribution in [-0.4, -0.2) is 28.0 Å². The van der Waals surface area contributed by atoms with Gasteiger partial charge in [0.1, 0.15) is 28.1 Å². The van der Waals surface area contributed by atoms with Crippen LogP contribution in [0.5, 0.6) is 5.75 Å². The van der Waals surface area contributed by atoms with Gasteiger partial charge in [0.15, 0.2) is 0 Å². The van der Waals surface area contributed by atoms with Crippen LogP contribution >= 0.6 is 11.3 Å². The van der Waals surface area contributed by atoms with Crippen molar-refractivity contribution in [3.63, 3.8) is 0 Å². The van der Waals surface area contributed by atoms with Gasteiger partial charge in [0, 0.05) is 5.69 Å². The summed E-state index contributed by atoms with van der Waals surface area (Å²) in [6.45, 7) is 5.89. The second-order valence-corrected chi connectivity index (χ2v) is 8.88. The molecular formula is C26H25N3O5S. The third-order valence-corrected chi connectivity index (χ3v) is 6.68. The van der Waals surface area contributed by atoms with Crippen molar-refractivity contribution in [3.05, 3.63) is 87.3 Å². The maximum absolute atomic E-state index is 13.3. The molecule has 0 aliphatic carbocycles. The lowest BCUT2D eigenvalue weighted by Gasteiger charge is -2.15. The molecule has 2 aromatic carbocycles. The number of benzene rings is 2. The molecule has 0 aliphatic rings. The maximum atomic E-state index is 13.3. The number of carbonyl (C=O) groups excluding carboxylic acids is 2. The van der Waals surface area contributed by atoms with E-state index in [1.165, 1.54) is 10.9 Å². The molecule has 0 bridgehead atoms. The van der Waals surface area contributed by atoms with Crippen molar-refractivity contribution in [1.29, 1.82) is 0 Å². The first-order chi connectivity index (χ1) is 16.9. The standard InChI is InChI=1S/C26H25N3O5S/c1-4-33-20-12-10-19(11-13-20)28-23(30)17(3)29-15-27-24-21(25(29)31)16(2)22(35-24)26(32)34-14-18-8-6-5-7-9-18/h5-13,15,17H,4,14H2,1-3H3,(H,28,30). The number of thiophene rings is 1. The number of ether oxygens (including phenoxy) is 2. The van der Waals surface area contributed by atoms with E-state index in [1.54, 1.807) is 38.1 Å². The minimum Gasteiger partial charge on any atom is -0.494 e. The Balaban J connectivity index is 1.53.